The highest BCUT2D eigenvalue weighted by Gasteiger charge is 2.17. The molecule has 1 aromatic carbocycles. The smallest absolute Gasteiger partial charge is 0.231 e. The van der Waals surface area contributed by atoms with Crippen LogP contribution in [0.25, 0.3) is 0 Å². The van der Waals surface area contributed by atoms with E-state index in [0.29, 0.717) is 35.4 Å². The van der Waals surface area contributed by atoms with Crippen LogP contribution >= 0.6 is 11.6 Å². The molecule has 2 heterocycles. The Bertz CT molecular complexity index is 560. The molecule has 0 bridgehead atoms. The van der Waals surface area contributed by atoms with Gasteiger partial charge in [-0.2, -0.15) is 4.98 Å². The van der Waals surface area contributed by atoms with Gasteiger partial charge in [0.1, 0.15) is 0 Å². The lowest BCUT2D eigenvalue weighted by Gasteiger charge is -2.06. The van der Waals surface area contributed by atoms with Gasteiger partial charge in [-0.25, -0.2) is 0 Å². The average Bonchev–Trinajstić information content (AvgIpc) is 3.05. The fraction of sp³-hybridized carbons (Fsp3) is 0.333. The lowest BCUT2D eigenvalue weighted by Crippen LogP contribution is -2.16. The maximum absolute atomic E-state index is 6.10. The number of hydrogen-bond donors (Lipinski definition) is 1. The Morgan fingerprint density at radius 1 is 1.32 bits per heavy atom. The zero-order valence-corrected chi connectivity index (χ0v) is 10.8. The van der Waals surface area contributed by atoms with Crippen molar-refractivity contribution in [2.24, 2.45) is 0 Å². The fourth-order valence-corrected chi connectivity index (χ4v) is 2.14. The number of ether oxygens (including phenoxy) is 2. The quantitative estimate of drug-likeness (QED) is 0.843. The van der Waals surface area contributed by atoms with Crippen molar-refractivity contribution >= 4 is 11.6 Å². The Morgan fingerprint density at radius 2 is 2.26 bits per heavy atom. The molecular weight excluding hydrogens is 270 g/mol. The van der Waals surface area contributed by atoms with Crippen LogP contribution in [0.3, 0.4) is 0 Å². The molecule has 0 radical (unpaired) electrons. The van der Waals surface area contributed by atoms with Gasteiger partial charge < -0.3 is 19.3 Å². The number of hydrogen-bond acceptors (Lipinski definition) is 6. The predicted octanol–water partition coefficient (Wildman–Crippen LogP) is 1.78. The topological polar surface area (TPSA) is 69.4 Å². The van der Waals surface area contributed by atoms with Gasteiger partial charge in [-0.15, -0.1) is 0 Å². The molecule has 0 atom stereocenters. The Labute approximate surface area is 114 Å². The first-order valence-corrected chi connectivity index (χ1v) is 6.25. The Balaban J connectivity index is 1.54. The predicted molar refractivity (Wildman–Crippen MR) is 67.3 cm³/mol. The normalized spacial score (nSPS) is 12.9. The van der Waals surface area contributed by atoms with E-state index >= 15 is 0 Å². The van der Waals surface area contributed by atoms with E-state index in [1.54, 1.807) is 0 Å². The van der Waals surface area contributed by atoms with Crippen LogP contribution in [0.2, 0.25) is 5.02 Å². The second kappa shape index (κ2) is 5.46. The fourth-order valence-electron chi connectivity index (χ4n) is 1.86. The summed E-state index contributed by atoms with van der Waals surface area (Å²) in [6.07, 6.45) is 2.09. The standard InChI is InChI=1S/C12H12ClN3O3/c13-9-3-8(4-10-12(9)18-7-17-10)5-14-2-1-11-15-6-16-19-11/h3-4,6,14H,1-2,5,7H2. The summed E-state index contributed by atoms with van der Waals surface area (Å²) >= 11 is 6.10. The summed E-state index contributed by atoms with van der Waals surface area (Å²) in [5.74, 6) is 1.94. The summed E-state index contributed by atoms with van der Waals surface area (Å²) in [7, 11) is 0. The molecule has 1 aromatic heterocycles. The molecule has 0 aliphatic carbocycles. The third-order valence-corrected chi connectivity index (χ3v) is 3.02. The van der Waals surface area contributed by atoms with E-state index in [2.05, 4.69) is 15.5 Å². The maximum Gasteiger partial charge on any atom is 0.231 e. The molecule has 1 aliphatic rings. The van der Waals surface area contributed by atoms with Gasteiger partial charge in [-0.1, -0.05) is 16.8 Å². The van der Waals surface area contributed by atoms with Crippen molar-refractivity contribution in [3.05, 3.63) is 34.9 Å². The van der Waals surface area contributed by atoms with Crippen molar-refractivity contribution in [3.8, 4) is 11.5 Å². The summed E-state index contributed by atoms with van der Waals surface area (Å²) in [4.78, 5) is 3.95. The average molecular weight is 282 g/mol. The Kier molecular flexibility index (Phi) is 3.52. The Morgan fingerprint density at radius 3 is 3.11 bits per heavy atom. The van der Waals surface area contributed by atoms with E-state index in [0.717, 1.165) is 12.1 Å². The molecule has 100 valence electrons. The summed E-state index contributed by atoms with van der Waals surface area (Å²) in [6.45, 7) is 1.65. The first kappa shape index (κ1) is 12.3. The number of rotatable bonds is 5. The molecular formula is C12H12ClN3O3. The van der Waals surface area contributed by atoms with Crippen molar-refractivity contribution in [2.45, 2.75) is 13.0 Å². The van der Waals surface area contributed by atoms with Gasteiger partial charge in [-0.05, 0) is 17.7 Å². The van der Waals surface area contributed by atoms with Gasteiger partial charge in [0, 0.05) is 19.5 Å². The van der Waals surface area contributed by atoms with Gasteiger partial charge >= 0.3 is 0 Å². The lowest BCUT2D eigenvalue weighted by atomic mass is 10.2. The minimum atomic E-state index is 0.225. The van der Waals surface area contributed by atoms with E-state index in [4.69, 9.17) is 25.6 Å². The van der Waals surface area contributed by atoms with Gasteiger partial charge in [0.15, 0.2) is 17.8 Å². The van der Waals surface area contributed by atoms with E-state index in [9.17, 15) is 0 Å². The molecule has 0 amide bonds. The molecule has 19 heavy (non-hydrogen) atoms. The minimum Gasteiger partial charge on any atom is -0.454 e. The molecule has 0 spiro atoms. The zero-order valence-electron chi connectivity index (χ0n) is 10.1. The van der Waals surface area contributed by atoms with Crippen LogP contribution < -0.4 is 14.8 Å². The molecule has 7 heteroatoms. The molecule has 0 fully saturated rings. The van der Waals surface area contributed by atoms with Crippen LogP contribution in [0.4, 0.5) is 0 Å². The molecule has 0 saturated heterocycles. The molecule has 3 rings (SSSR count). The summed E-state index contributed by atoms with van der Waals surface area (Å²) < 4.78 is 15.5. The number of fused-ring (bicyclic) bond motifs is 1. The van der Waals surface area contributed by atoms with Gasteiger partial charge in [0.2, 0.25) is 12.7 Å². The van der Waals surface area contributed by atoms with Gasteiger partial charge in [0.05, 0.1) is 5.02 Å². The van der Waals surface area contributed by atoms with Crippen LogP contribution in [0.1, 0.15) is 11.5 Å². The minimum absolute atomic E-state index is 0.225. The molecule has 2 aromatic rings. The molecule has 1 aliphatic heterocycles. The highest BCUT2D eigenvalue weighted by molar-refractivity contribution is 6.32. The summed E-state index contributed by atoms with van der Waals surface area (Å²) in [5, 5.41) is 7.40. The van der Waals surface area contributed by atoms with Crippen molar-refractivity contribution < 1.29 is 14.0 Å². The highest BCUT2D eigenvalue weighted by Crippen LogP contribution is 2.39. The van der Waals surface area contributed by atoms with E-state index in [1.807, 2.05) is 12.1 Å². The largest absolute Gasteiger partial charge is 0.454 e. The summed E-state index contributed by atoms with van der Waals surface area (Å²) in [6, 6.07) is 3.79. The first-order chi connectivity index (χ1) is 9.33. The molecule has 1 N–H and O–H groups in total. The van der Waals surface area contributed by atoms with Crippen LogP contribution in [-0.4, -0.2) is 23.5 Å². The van der Waals surface area contributed by atoms with Gasteiger partial charge in [0.25, 0.3) is 0 Å². The first-order valence-electron chi connectivity index (χ1n) is 5.87. The van der Waals surface area contributed by atoms with E-state index in [1.165, 1.54) is 6.33 Å². The number of nitrogens with zero attached hydrogens (tertiary/aromatic N) is 2. The van der Waals surface area contributed by atoms with Crippen molar-refractivity contribution in [1.82, 2.24) is 15.5 Å². The number of halogens is 1. The van der Waals surface area contributed by atoms with Crippen LogP contribution in [-0.2, 0) is 13.0 Å². The second-order valence-corrected chi connectivity index (χ2v) is 4.48. The van der Waals surface area contributed by atoms with E-state index < -0.39 is 0 Å². The number of benzene rings is 1. The van der Waals surface area contributed by atoms with Gasteiger partial charge in [-0.3, -0.25) is 0 Å². The van der Waals surface area contributed by atoms with E-state index in [-0.39, 0.29) is 6.79 Å². The monoisotopic (exact) mass is 281 g/mol. The third-order valence-electron chi connectivity index (χ3n) is 2.74. The van der Waals surface area contributed by atoms with Crippen molar-refractivity contribution in [1.29, 1.82) is 0 Å². The van der Waals surface area contributed by atoms with Crippen molar-refractivity contribution in [3.63, 3.8) is 0 Å². The van der Waals surface area contributed by atoms with Crippen LogP contribution in [0.5, 0.6) is 11.5 Å². The summed E-state index contributed by atoms with van der Waals surface area (Å²) in [5.41, 5.74) is 1.04. The zero-order chi connectivity index (χ0) is 13.1. The second-order valence-electron chi connectivity index (χ2n) is 4.07. The molecule has 0 unspecified atom stereocenters. The lowest BCUT2D eigenvalue weighted by molar-refractivity contribution is 0.174. The number of aromatic nitrogens is 2. The van der Waals surface area contributed by atoms with Crippen molar-refractivity contribution in [2.75, 3.05) is 13.3 Å². The maximum atomic E-state index is 6.10. The molecule has 6 nitrogen and oxygen atoms in total. The Hall–Kier alpha value is -1.79. The van der Waals surface area contributed by atoms with Crippen LogP contribution in [0, 0.1) is 0 Å². The third kappa shape index (κ3) is 2.80. The number of nitrogens with one attached hydrogen (secondary N) is 1. The van der Waals surface area contributed by atoms with Crippen LogP contribution in [0.15, 0.2) is 23.0 Å². The molecule has 0 saturated carbocycles. The highest BCUT2D eigenvalue weighted by atomic mass is 35.5. The SMILES string of the molecule is Clc1cc(CNCCc2ncno2)cc2c1OCO2.